The molecule has 3 aromatic rings. The molecule has 3 aliphatic rings. The summed E-state index contributed by atoms with van der Waals surface area (Å²) in [5, 5.41) is 34.1. The molecule has 3 N–H and O–H groups in total. The standard InChI is InChI=1S/C42H56N2O6/c45-38(35(27-31-9-3-1-4-10-31)29-39(46)33-11-5-2-6-12-33)19-20-41(48)44(42-37-14-8-7-13-34(37)28-40(42)47)30-32-15-17-36(18-16-32)50-26-23-43-21-24-49-25-22-43/h2,5-8,11-18,31,35,38-40,42,45-47H,1,3-4,9-10,19-30H2/t35-,38+,39?,40-,42+/m1/s1. The highest BCUT2D eigenvalue weighted by atomic mass is 16.5. The van der Waals surface area contributed by atoms with Crippen LogP contribution in [-0.4, -0.2) is 82.7 Å². The zero-order valence-corrected chi connectivity index (χ0v) is 29.5. The number of fused-ring (bicyclic) bond motifs is 1. The van der Waals surface area contributed by atoms with E-state index in [1.54, 1.807) is 0 Å². The summed E-state index contributed by atoms with van der Waals surface area (Å²) < 4.78 is 11.5. The summed E-state index contributed by atoms with van der Waals surface area (Å²) in [6.07, 6.45) is 6.25. The van der Waals surface area contributed by atoms with E-state index in [9.17, 15) is 20.1 Å². The Balaban J connectivity index is 1.13. The van der Waals surface area contributed by atoms with Crippen LogP contribution in [0.2, 0.25) is 0 Å². The number of morpholine rings is 1. The van der Waals surface area contributed by atoms with E-state index < -0.39 is 24.4 Å². The van der Waals surface area contributed by atoms with Crippen molar-refractivity contribution < 1.29 is 29.6 Å². The van der Waals surface area contributed by atoms with Gasteiger partial charge >= 0.3 is 0 Å². The summed E-state index contributed by atoms with van der Waals surface area (Å²) in [5.74, 6) is 1.13. The number of benzene rings is 3. The highest BCUT2D eigenvalue weighted by molar-refractivity contribution is 5.77. The van der Waals surface area contributed by atoms with E-state index >= 15 is 0 Å². The molecule has 0 radical (unpaired) electrons. The highest BCUT2D eigenvalue weighted by Gasteiger charge is 2.38. The van der Waals surface area contributed by atoms with Crippen LogP contribution in [-0.2, 0) is 22.5 Å². The molecule has 5 atom stereocenters. The van der Waals surface area contributed by atoms with Crippen molar-refractivity contribution >= 4 is 5.91 Å². The van der Waals surface area contributed by atoms with Crippen molar-refractivity contribution in [2.45, 2.75) is 95.1 Å². The topological polar surface area (TPSA) is 103 Å². The molecule has 8 heteroatoms. The number of aliphatic hydroxyl groups is 3. The van der Waals surface area contributed by atoms with E-state index in [2.05, 4.69) is 4.90 Å². The Kier molecular flexibility index (Phi) is 13.4. The molecular weight excluding hydrogens is 628 g/mol. The van der Waals surface area contributed by atoms with Crippen molar-refractivity contribution in [1.29, 1.82) is 0 Å². The summed E-state index contributed by atoms with van der Waals surface area (Å²) in [6, 6.07) is 25.1. The molecule has 3 aromatic carbocycles. The minimum absolute atomic E-state index is 0.0873. The van der Waals surface area contributed by atoms with Crippen LogP contribution in [0.4, 0.5) is 0 Å². The predicted molar refractivity (Wildman–Crippen MR) is 195 cm³/mol. The van der Waals surface area contributed by atoms with Gasteiger partial charge in [0.05, 0.1) is 37.6 Å². The van der Waals surface area contributed by atoms with Gasteiger partial charge in [-0.15, -0.1) is 0 Å². The van der Waals surface area contributed by atoms with Crippen LogP contribution in [0.15, 0.2) is 78.9 Å². The normalized spacial score (nSPS) is 21.7. The van der Waals surface area contributed by atoms with Crippen molar-refractivity contribution in [3.63, 3.8) is 0 Å². The van der Waals surface area contributed by atoms with E-state index in [1.165, 1.54) is 19.3 Å². The monoisotopic (exact) mass is 684 g/mol. The van der Waals surface area contributed by atoms with Crippen molar-refractivity contribution in [1.82, 2.24) is 9.80 Å². The minimum atomic E-state index is -0.712. The Bertz CT molecular complexity index is 1460. The summed E-state index contributed by atoms with van der Waals surface area (Å²) in [4.78, 5) is 18.4. The first-order valence-electron chi connectivity index (χ1n) is 18.9. The van der Waals surface area contributed by atoms with Gasteiger partial charge < -0.3 is 29.7 Å². The Hall–Kier alpha value is -3.27. The van der Waals surface area contributed by atoms with Crippen LogP contribution in [0, 0.1) is 11.8 Å². The molecule has 0 spiro atoms. The first kappa shape index (κ1) is 36.5. The average Bonchev–Trinajstić information content (AvgIpc) is 3.49. The van der Waals surface area contributed by atoms with E-state index in [-0.39, 0.29) is 18.2 Å². The van der Waals surface area contributed by atoms with Crippen LogP contribution in [0.3, 0.4) is 0 Å². The van der Waals surface area contributed by atoms with Gasteiger partial charge in [-0.05, 0) is 65.5 Å². The van der Waals surface area contributed by atoms with Gasteiger partial charge in [0.15, 0.2) is 0 Å². The molecule has 8 nitrogen and oxygen atoms in total. The Morgan fingerprint density at radius 1 is 0.920 bits per heavy atom. The summed E-state index contributed by atoms with van der Waals surface area (Å²) in [5.41, 5.74) is 3.86. The quantitative estimate of drug-likeness (QED) is 0.164. The van der Waals surface area contributed by atoms with Gasteiger partial charge in [0.2, 0.25) is 5.91 Å². The Labute approximate surface area is 298 Å². The highest BCUT2D eigenvalue weighted by Crippen LogP contribution is 2.39. The number of aliphatic hydroxyl groups excluding tert-OH is 3. The molecule has 1 amide bonds. The van der Waals surface area contributed by atoms with Crippen LogP contribution < -0.4 is 4.74 Å². The molecular formula is C42H56N2O6. The van der Waals surface area contributed by atoms with Crippen LogP contribution in [0.25, 0.3) is 0 Å². The first-order chi connectivity index (χ1) is 24.4. The second kappa shape index (κ2) is 18.3. The lowest BCUT2D eigenvalue weighted by molar-refractivity contribution is -0.137. The summed E-state index contributed by atoms with van der Waals surface area (Å²) >= 11 is 0. The number of rotatable bonds is 16. The number of hydrogen-bond acceptors (Lipinski definition) is 7. The smallest absolute Gasteiger partial charge is 0.223 e. The van der Waals surface area contributed by atoms with Gasteiger partial charge in [0, 0.05) is 39.0 Å². The second-order valence-corrected chi connectivity index (χ2v) is 14.7. The Morgan fingerprint density at radius 2 is 1.64 bits per heavy atom. The number of hydrogen-bond donors (Lipinski definition) is 3. The van der Waals surface area contributed by atoms with E-state index in [1.807, 2.05) is 83.8 Å². The number of amides is 1. The average molecular weight is 685 g/mol. The molecule has 1 saturated carbocycles. The fourth-order valence-electron chi connectivity index (χ4n) is 8.29. The minimum Gasteiger partial charge on any atom is -0.492 e. The van der Waals surface area contributed by atoms with Gasteiger partial charge in [0.25, 0.3) is 0 Å². The molecule has 1 heterocycles. The van der Waals surface area contributed by atoms with E-state index in [0.29, 0.717) is 38.3 Å². The van der Waals surface area contributed by atoms with Gasteiger partial charge in [-0.3, -0.25) is 9.69 Å². The third kappa shape index (κ3) is 9.95. The van der Waals surface area contributed by atoms with Crippen LogP contribution in [0.5, 0.6) is 5.75 Å². The maximum atomic E-state index is 14.2. The molecule has 0 bridgehead atoms. The molecule has 6 rings (SSSR count). The van der Waals surface area contributed by atoms with E-state index in [0.717, 1.165) is 80.1 Å². The lowest BCUT2D eigenvalue weighted by atomic mass is 9.78. The van der Waals surface area contributed by atoms with Crippen LogP contribution >= 0.6 is 0 Å². The second-order valence-electron chi connectivity index (χ2n) is 14.7. The van der Waals surface area contributed by atoms with Crippen molar-refractivity contribution in [3.8, 4) is 5.75 Å². The SMILES string of the molecule is O=C(CC[C@H](O)[C@H](CC1CCCCC1)CC(O)c1ccccc1)N(Cc1ccc(OCCN2CCOCC2)cc1)[C@H]1c2ccccc2C[C@H]1O. The first-order valence-corrected chi connectivity index (χ1v) is 18.9. The third-order valence-corrected chi connectivity index (χ3v) is 11.1. The zero-order valence-electron chi connectivity index (χ0n) is 29.5. The molecule has 270 valence electrons. The number of carbonyl (C=O) groups is 1. The van der Waals surface area contributed by atoms with Gasteiger partial charge in [-0.2, -0.15) is 0 Å². The van der Waals surface area contributed by atoms with Gasteiger partial charge in [-0.1, -0.05) is 98.8 Å². The molecule has 1 saturated heterocycles. The molecule has 2 fully saturated rings. The maximum absolute atomic E-state index is 14.2. The Morgan fingerprint density at radius 3 is 2.40 bits per heavy atom. The third-order valence-electron chi connectivity index (χ3n) is 11.1. The zero-order chi connectivity index (χ0) is 34.7. The van der Waals surface area contributed by atoms with E-state index in [4.69, 9.17) is 9.47 Å². The van der Waals surface area contributed by atoms with Crippen LogP contribution in [0.1, 0.15) is 92.2 Å². The summed E-state index contributed by atoms with van der Waals surface area (Å²) in [7, 11) is 0. The number of ether oxygens (including phenoxy) is 2. The fraction of sp³-hybridized carbons (Fsp3) is 0.548. The van der Waals surface area contributed by atoms with Crippen molar-refractivity contribution in [2.24, 2.45) is 11.8 Å². The summed E-state index contributed by atoms with van der Waals surface area (Å²) in [6.45, 7) is 5.18. The van der Waals surface area contributed by atoms with Crippen molar-refractivity contribution in [2.75, 3.05) is 39.5 Å². The fourth-order valence-corrected chi connectivity index (χ4v) is 8.29. The lowest BCUT2D eigenvalue weighted by Gasteiger charge is -2.34. The molecule has 1 unspecified atom stereocenters. The lowest BCUT2D eigenvalue weighted by Crippen LogP contribution is -2.39. The van der Waals surface area contributed by atoms with Gasteiger partial charge in [0.1, 0.15) is 12.4 Å². The largest absolute Gasteiger partial charge is 0.492 e. The predicted octanol–water partition coefficient (Wildman–Crippen LogP) is 6.24. The molecule has 1 aliphatic heterocycles. The molecule has 0 aromatic heterocycles. The number of carbonyl (C=O) groups excluding carboxylic acids is 1. The molecule has 2 aliphatic carbocycles. The van der Waals surface area contributed by atoms with Crippen molar-refractivity contribution in [3.05, 3.63) is 101 Å². The maximum Gasteiger partial charge on any atom is 0.223 e. The van der Waals surface area contributed by atoms with Gasteiger partial charge in [-0.25, -0.2) is 0 Å². The molecule has 50 heavy (non-hydrogen) atoms. The number of nitrogens with zero attached hydrogens (tertiary/aromatic N) is 2.